The number of aromatic nitrogens is 2. The molecule has 8 nitrogen and oxygen atoms in total. The summed E-state index contributed by atoms with van der Waals surface area (Å²) in [5.41, 5.74) is 1.98. The molecular weight excluding hydrogens is 432 g/mol. The molecule has 176 valence electrons. The third kappa shape index (κ3) is 5.70. The first-order valence-electron chi connectivity index (χ1n) is 11.5. The van der Waals surface area contributed by atoms with Crippen LogP contribution in [-0.4, -0.2) is 46.7 Å². The monoisotopic (exact) mass is 460 g/mol. The van der Waals surface area contributed by atoms with Crippen LogP contribution < -0.4 is 15.6 Å². The first-order chi connectivity index (χ1) is 16.5. The van der Waals surface area contributed by atoms with Crippen LogP contribution in [0.15, 0.2) is 65.5 Å². The molecule has 1 aliphatic rings. The van der Waals surface area contributed by atoms with Crippen LogP contribution in [-0.2, 0) is 11.3 Å². The van der Waals surface area contributed by atoms with Gasteiger partial charge in [-0.3, -0.25) is 14.4 Å². The third-order valence-electron chi connectivity index (χ3n) is 5.81. The first kappa shape index (κ1) is 23.2. The molecular formula is C26H28N4O4. The summed E-state index contributed by atoms with van der Waals surface area (Å²) in [4.78, 5) is 39.8. The van der Waals surface area contributed by atoms with Crippen LogP contribution in [0.25, 0.3) is 11.3 Å². The van der Waals surface area contributed by atoms with E-state index in [2.05, 4.69) is 10.4 Å². The van der Waals surface area contributed by atoms with Gasteiger partial charge in [-0.2, -0.15) is 5.10 Å². The maximum atomic E-state index is 12.9. The third-order valence-corrected chi connectivity index (χ3v) is 5.81. The van der Waals surface area contributed by atoms with Crippen LogP contribution in [0.4, 0.5) is 5.69 Å². The van der Waals surface area contributed by atoms with Crippen LogP contribution in [0, 0.1) is 0 Å². The predicted molar refractivity (Wildman–Crippen MR) is 130 cm³/mol. The summed E-state index contributed by atoms with van der Waals surface area (Å²) in [7, 11) is 1.58. The van der Waals surface area contributed by atoms with Crippen molar-refractivity contribution in [3.8, 4) is 17.0 Å². The number of carbonyl (C=O) groups excluding carboxylic acids is 2. The molecule has 0 unspecified atom stereocenters. The molecule has 3 aromatic rings. The molecule has 0 aliphatic carbocycles. The van der Waals surface area contributed by atoms with E-state index in [4.69, 9.17) is 4.74 Å². The SMILES string of the molecule is COc1cccc(-c2ccc(=O)n(CC(=O)Nc3cccc(C(=O)N4CCCCCC4)c3)n2)c1. The molecule has 2 heterocycles. The van der Waals surface area contributed by atoms with E-state index in [1.54, 1.807) is 37.4 Å². The van der Waals surface area contributed by atoms with Gasteiger partial charge in [-0.05, 0) is 49.2 Å². The van der Waals surface area contributed by atoms with Crippen molar-refractivity contribution in [2.24, 2.45) is 0 Å². The van der Waals surface area contributed by atoms with E-state index in [1.165, 1.54) is 6.07 Å². The zero-order valence-corrected chi connectivity index (χ0v) is 19.2. The number of hydrogen-bond donors (Lipinski definition) is 1. The van der Waals surface area contributed by atoms with E-state index in [9.17, 15) is 14.4 Å². The number of anilines is 1. The fraction of sp³-hybridized carbons (Fsp3) is 0.308. The lowest BCUT2D eigenvalue weighted by Gasteiger charge is -2.20. The first-order valence-corrected chi connectivity index (χ1v) is 11.5. The summed E-state index contributed by atoms with van der Waals surface area (Å²) >= 11 is 0. The number of hydrogen-bond acceptors (Lipinski definition) is 5. The van der Waals surface area contributed by atoms with Crippen LogP contribution in [0.1, 0.15) is 36.0 Å². The van der Waals surface area contributed by atoms with Crippen molar-refractivity contribution in [3.05, 3.63) is 76.6 Å². The fourth-order valence-corrected chi connectivity index (χ4v) is 4.02. The van der Waals surface area contributed by atoms with Gasteiger partial charge in [0.05, 0.1) is 12.8 Å². The summed E-state index contributed by atoms with van der Waals surface area (Å²) in [6.07, 6.45) is 4.32. The molecule has 8 heteroatoms. The second kappa shape index (κ2) is 10.8. The van der Waals surface area contributed by atoms with Crippen LogP contribution >= 0.6 is 0 Å². The van der Waals surface area contributed by atoms with Gasteiger partial charge in [-0.1, -0.05) is 31.0 Å². The number of amides is 2. The van der Waals surface area contributed by atoms with Crippen molar-refractivity contribution < 1.29 is 14.3 Å². The molecule has 0 bridgehead atoms. The second-order valence-electron chi connectivity index (χ2n) is 8.28. The average molecular weight is 461 g/mol. The highest BCUT2D eigenvalue weighted by Gasteiger charge is 2.18. The summed E-state index contributed by atoms with van der Waals surface area (Å²) in [5.74, 6) is 0.239. The Hall–Kier alpha value is -3.94. The molecule has 4 rings (SSSR count). The van der Waals surface area contributed by atoms with Crippen molar-refractivity contribution in [1.82, 2.24) is 14.7 Å². The van der Waals surface area contributed by atoms with E-state index >= 15 is 0 Å². The molecule has 2 aromatic carbocycles. The minimum absolute atomic E-state index is 0.0260. The second-order valence-corrected chi connectivity index (χ2v) is 8.28. The van der Waals surface area contributed by atoms with Crippen LogP contribution in [0.2, 0.25) is 0 Å². The normalized spacial score (nSPS) is 13.7. The standard InChI is InChI=1S/C26H28N4O4/c1-34-22-11-7-8-19(17-22)23-12-13-25(32)30(28-23)18-24(31)27-21-10-6-9-20(16-21)26(33)29-14-4-2-3-5-15-29/h6-13,16-17H,2-5,14-15,18H2,1H3,(H,27,31). The maximum absolute atomic E-state index is 12.9. The van der Waals surface area contributed by atoms with Crippen LogP contribution in [0.5, 0.6) is 5.75 Å². The van der Waals surface area contributed by atoms with Crippen molar-refractivity contribution in [2.75, 3.05) is 25.5 Å². The lowest BCUT2D eigenvalue weighted by molar-refractivity contribution is -0.117. The van der Waals surface area contributed by atoms with E-state index in [0.29, 0.717) is 22.7 Å². The highest BCUT2D eigenvalue weighted by Crippen LogP contribution is 2.21. The Kier molecular flexibility index (Phi) is 7.37. The zero-order valence-electron chi connectivity index (χ0n) is 19.2. The minimum atomic E-state index is -0.406. The molecule has 34 heavy (non-hydrogen) atoms. The molecule has 1 aliphatic heterocycles. The van der Waals surface area contributed by atoms with Crippen molar-refractivity contribution in [3.63, 3.8) is 0 Å². The minimum Gasteiger partial charge on any atom is -0.497 e. The summed E-state index contributed by atoms with van der Waals surface area (Å²) in [6.45, 7) is 1.27. The number of ether oxygens (including phenoxy) is 1. The topological polar surface area (TPSA) is 93.5 Å². The molecule has 1 fully saturated rings. The van der Waals surface area contributed by atoms with Gasteiger partial charge in [0, 0.05) is 36.0 Å². The number of nitrogens with one attached hydrogen (secondary N) is 1. The number of rotatable bonds is 6. The lowest BCUT2D eigenvalue weighted by atomic mass is 10.1. The van der Waals surface area contributed by atoms with Gasteiger partial charge in [0.15, 0.2) is 0 Å². The fourth-order valence-electron chi connectivity index (χ4n) is 4.02. The molecule has 1 saturated heterocycles. The number of nitrogens with zero attached hydrogens (tertiary/aromatic N) is 3. The predicted octanol–water partition coefficient (Wildman–Crippen LogP) is 3.57. The molecule has 1 aromatic heterocycles. The highest BCUT2D eigenvalue weighted by molar-refractivity contribution is 5.97. The Morgan fingerprint density at radius 1 is 0.971 bits per heavy atom. The summed E-state index contributed by atoms with van der Waals surface area (Å²) in [5, 5.41) is 7.12. The smallest absolute Gasteiger partial charge is 0.267 e. The van der Waals surface area contributed by atoms with Gasteiger partial charge >= 0.3 is 0 Å². The highest BCUT2D eigenvalue weighted by atomic mass is 16.5. The zero-order chi connectivity index (χ0) is 23.9. The maximum Gasteiger partial charge on any atom is 0.267 e. The largest absolute Gasteiger partial charge is 0.497 e. The molecule has 0 atom stereocenters. The Balaban J connectivity index is 1.46. The Morgan fingerprint density at radius 3 is 2.50 bits per heavy atom. The number of methoxy groups -OCH3 is 1. The van der Waals surface area contributed by atoms with E-state index in [0.717, 1.165) is 49.0 Å². The van der Waals surface area contributed by atoms with Gasteiger partial charge in [-0.15, -0.1) is 0 Å². The number of likely N-dealkylation sites (tertiary alicyclic amines) is 1. The Morgan fingerprint density at radius 2 is 1.74 bits per heavy atom. The van der Waals surface area contributed by atoms with Gasteiger partial charge < -0.3 is 15.0 Å². The molecule has 1 N–H and O–H groups in total. The quantitative estimate of drug-likeness (QED) is 0.607. The van der Waals surface area contributed by atoms with Crippen molar-refractivity contribution in [1.29, 1.82) is 0 Å². The molecule has 0 spiro atoms. The van der Waals surface area contributed by atoms with E-state index in [1.807, 2.05) is 29.2 Å². The van der Waals surface area contributed by atoms with E-state index < -0.39 is 5.91 Å². The van der Waals surface area contributed by atoms with Crippen molar-refractivity contribution >= 4 is 17.5 Å². The van der Waals surface area contributed by atoms with Crippen molar-refractivity contribution in [2.45, 2.75) is 32.2 Å². The Labute approximate surface area is 198 Å². The van der Waals surface area contributed by atoms with Crippen LogP contribution in [0.3, 0.4) is 0 Å². The number of benzene rings is 2. The lowest BCUT2D eigenvalue weighted by Crippen LogP contribution is -2.32. The summed E-state index contributed by atoms with van der Waals surface area (Å²) < 4.78 is 6.37. The molecule has 0 radical (unpaired) electrons. The molecule has 0 saturated carbocycles. The van der Waals surface area contributed by atoms with Gasteiger partial charge in [-0.25, -0.2) is 4.68 Å². The summed E-state index contributed by atoms with van der Waals surface area (Å²) in [6, 6.07) is 17.2. The van der Waals surface area contributed by atoms with Gasteiger partial charge in [0.25, 0.3) is 11.5 Å². The van der Waals surface area contributed by atoms with E-state index in [-0.39, 0.29) is 18.0 Å². The average Bonchev–Trinajstić information content (AvgIpc) is 3.15. The molecule has 2 amide bonds. The van der Waals surface area contributed by atoms with Gasteiger partial charge in [0.1, 0.15) is 12.3 Å². The number of carbonyl (C=O) groups is 2. The Bertz CT molecular complexity index is 1230. The van der Waals surface area contributed by atoms with Gasteiger partial charge in [0.2, 0.25) is 5.91 Å².